The first-order valence-corrected chi connectivity index (χ1v) is 9.75. The zero-order chi connectivity index (χ0) is 19.5. The second-order valence-electron chi connectivity index (χ2n) is 6.87. The third kappa shape index (κ3) is 4.19. The molecule has 0 atom stereocenters. The zero-order valence-corrected chi connectivity index (χ0v) is 16.8. The summed E-state index contributed by atoms with van der Waals surface area (Å²) >= 11 is 6.26. The Bertz CT molecular complexity index is 968. The van der Waals surface area contributed by atoms with E-state index in [4.69, 9.17) is 16.3 Å². The van der Waals surface area contributed by atoms with Crippen molar-refractivity contribution in [3.63, 3.8) is 0 Å². The zero-order valence-electron chi connectivity index (χ0n) is 16.1. The van der Waals surface area contributed by atoms with Crippen LogP contribution in [0.5, 0.6) is 0 Å². The predicted molar refractivity (Wildman–Crippen MR) is 112 cm³/mol. The summed E-state index contributed by atoms with van der Waals surface area (Å²) in [6, 6.07) is 5.86. The van der Waals surface area contributed by atoms with Crippen LogP contribution in [0.2, 0.25) is 5.02 Å². The molecule has 0 radical (unpaired) electrons. The van der Waals surface area contributed by atoms with E-state index >= 15 is 0 Å². The van der Waals surface area contributed by atoms with Crippen molar-refractivity contribution in [3.8, 4) is 0 Å². The van der Waals surface area contributed by atoms with Crippen molar-refractivity contribution >= 4 is 40.1 Å². The highest BCUT2D eigenvalue weighted by atomic mass is 35.5. The summed E-state index contributed by atoms with van der Waals surface area (Å²) in [5.41, 5.74) is 2.68. The van der Waals surface area contributed by atoms with Gasteiger partial charge in [-0.3, -0.25) is 9.58 Å². The van der Waals surface area contributed by atoms with Gasteiger partial charge in [0.1, 0.15) is 5.82 Å². The number of aryl methyl sites for hydroxylation is 2. The van der Waals surface area contributed by atoms with Gasteiger partial charge in [-0.05, 0) is 24.6 Å². The molecule has 1 fully saturated rings. The Morgan fingerprint density at radius 3 is 2.82 bits per heavy atom. The Hall–Kier alpha value is -2.42. The maximum Gasteiger partial charge on any atom is 0.226 e. The largest absolute Gasteiger partial charge is 0.379 e. The van der Waals surface area contributed by atoms with Crippen molar-refractivity contribution in [3.05, 3.63) is 35.0 Å². The second-order valence-corrected chi connectivity index (χ2v) is 7.28. The van der Waals surface area contributed by atoms with E-state index in [-0.39, 0.29) is 0 Å². The first kappa shape index (κ1) is 18.9. The number of morpholine rings is 1. The van der Waals surface area contributed by atoms with Crippen LogP contribution < -0.4 is 10.6 Å². The summed E-state index contributed by atoms with van der Waals surface area (Å²) in [7, 11) is 1.87. The number of fused-ring (bicyclic) bond motifs is 1. The van der Waals surface area contributed by atoms with Gasteiger partial charge >= 0.3 is 0 Å². The van der Waals surface area contributed by atoms with Gasteiger partial charge in [0.25, 0.3) is 0 Å². The maximum atomic E-state index is 6.26. The van der Waals surface area contributed by atoms with Gasteiger partial charge in [0.2, 0.25) is 5.95 Å². The van der Waals surface area contributed by atoms with Crippen LogP contribution in [0.4, 0.5) is 17.5 Å². The maximum absolute atomic E-state index is 6.26. The number of nitrogens with zero attached hydrogens (tertiary/aromatic N) is 5. The van der Waals surface area contributed by atoms with Crippen molar-refractivity contribution in [2.75, 3.05) is 50.0 Å². The molecule has 0 bridgehead atoms. The molecule has 0 saturated carbocycles. The van der Waals surface area contributed by atoms with Crippen LogP contribution in [0, 0.1) is 6.92 Å². The molecule has 4 rings (SSSR count). The van der Waals surface area contributed by atoms with Crippen LogP contribution in [0.3, 0.4) is 0 Å². The molecule has 8 nitrogen and oxygen atoms in total. The summed E-state index contributed by atoms with van der Waals surface area (Å²) in [4.78, 5) is 11.7. The van der Waals surface area contributed by atoms with E-state index in [1.165, 1.54) is 0 Å². The van der Waals surface area contributed by atoms with Gasteiger partial charge in [0, 0.05) is 43.9 Å². The monoisotopic (exact) mass is 401 g/mol. The molecule has 1 saturated heterocycles. The van der Waals surface area contributed by atoms with Crippen molar-refractivity contribution in [1.82, 2.24) is 24.6 Å². The summed E-state index contributed by atoms with van der Waals surface area (Å²) < 4.78 is 7.14. The number of halogens is 1. The van der Waals surface area contributed by atoms with E-state index in [1.54, 1.807) is 10.9 Å². The van der Waals surface area contributed by atoms with Crippen molar-refractivity contribution in [2.45, 2.75) is 6.92 Å². The first-order chi connectivity index (χ1) is 13.6. The Morgan fingerprint density at radius 1 is 1.21 bits per heavy atom. The van der Waals surface area contributed by atoms with E-state index in [1.807, 2.05) is 32.2 Å². The van der Waals surface area contributed by atoms with E-state index in [0.717, 1.165) is 61.7 Å². The van der Waals surface area contributed by atoms with E-state index in [9.17, 15) is 0 Å². The number of nitrogens with one attached hydrogen (secondary N) is 2. The van der Waals surface area contributed by atoms with Crippen LogP contribution in [0.1, 0.15) is 5.56 Å². The molecule has 1 aromatic carbocycles. The second kappa shape index (κ2) is 8.30. The number of hydrogen-bond acceptors (Lipinski definition) is 7. The molecule has 1 aliphatic rings. The lowest BCUT2D eigenvalue weighted by Crippen LogP contribution is -2.39. The Morgan fingerprint density at radius 2 is 2.04 bits per heavy atom. The molecule has 0 amide bonds. The van der Waals surface area contributed by atoms with E-state index in [2.05, 4.69) is 30.6 Å². The molecule has 148 valence electrons. The lowest BCUT2D eigenvalue weighted by atomic mass is 10.2. The van der Waals surface area contributed by atoms with Gasteiger partial charge in [-0.15, -0.1) is 0 Å². The Kier molecular flexibility index (Phi) is 5.61. The molecule has 2 aromatic heterocycles. The van der Waals surface area contributed by atoms with Gasteiger partial charge < -0.3 is 15.4 Å². The molecule has 3 heterocycles. The molecule has 2 N–H and O–H groups in total. The normalized spacial score (nSPS) is 15.1. The highest BCUT2D eigenvalue weighted by Crippen LogP contribution is 2.27. The molecule has 0 spiro atoms. The van der Waals surface area contributed by atoms with Gasteiger partial charge in [-0.25, -0.2) is 0 Å². The third-order valence-corrected chi connectivity index (χ3v) is 5.25. The Labute approximate surface area is 168 Å². The van der Waals surface area contributed by atoms with Gasteiger partial charge in [0.15, 0.2) is 5.65 Å². The van der Waals surface area contributed by atoms with Crippen LogP contribution in [0.15, 0.2) is 24.4 Å². The standard InChI is InChI=1S/C19H24ClN7O/c1-13-3-4-14(11-16(13)20)23-17-15-12-22-26(2)18(15)25-19(24-17)21-5-6-27-7-9-28-10-8-27/h3-4,11-12H,5-10H2,1-2H3,(H2,21,23,24,25). The topological polar surface area (TPSA) is 80.1 Å². The number of ether oxygens (including phenoxy) is 1. The van der Waals surface area contributed by atoms with Crippen LogP contribution in [-0.2, 0) is 11.8 Å². The number of aromatic nitrogens is 4. The minimum atomic E-state index is 0.574. The number of hydrogen-bond donors (Lipinski definition) is 2. The predicted octanol–water partition coefficient (Wildman–Crippen LogP) is 2.81. The molecule has 3 aromatic rings. The number of rotatable bonds is 6. The lowest BCUT2D eigenvalue weighted by Gasteiger charge is -2.26. The van der Waals surface area contributed by atoms with Crippen molar-refractivity contribution in [1.29, 1.82) is 0 Å². The quantitative estimate of drug-likeness (QED) is 0.657. The van der Waals surface area contributed by atoms with Crippen LogP contribution in [-0.4, -0.2) is 64.0 Å². The molecular formula is C19H24ClN7O. The first-order valence-electron chi connectivity index (χ1n) is 9.37. The average molecular weight is 402 g/mol. The smallest absolute Gasteiger partial charge is 0.226 e. The minimum absolute atomic E-state index is 0.574. The fourth-order valence-electron chi connectivity index (χ4n) is 3.15. The fourth-order valence-corrected chi connectivity index (χ4v) is 3.33. The summed E-state index contributed by atoms with van der Waals surface area (Å²) in [5.74, 6) is 1.27. The highest BCUT2D eigenvalue weighted by Gasteiger charge is 2.13. The lowest BCUT2D eigenvalue weighted by molar-refractivity contribution is 0.0398. The Balaban J connectivity index is 1.54. The summed E-state index contributed by atoms with van der Waals surface area (Å²) in [6.07, 6.45) is 1.77. The van der Waals surface area contributed by atoms with Crippen LogP contribution >= 0.6 is 11.6 Å². The molecule has 0 aliphatic carbocycles. The van der Waals surface area contributed by atoms with E-state index < -0.39 is 0 Å². The van der Waals surface area contributed by atoms with Crippen LogP contribution in [0.25, 0.3) is 11.0 Å². The van der Waals surface area contributed by atoms with Gasteiger partial charge in [0.05, 0.1) is 24.8 Å². The minimum Gasteiger partial charge on any atom is -0.379 e. The highest BCUT2D eigenvalue weighted by molar-refractivity contribution is 6.31. The van der Waals surface area contributed by atoms with Crippen molar-refractivity contribution < 1.29 is 4.74 Å². The molecule has 9 heteroatoms. The molecular weight excluding hydrogens is 378 g/mol. The SMILES string of the molecule is Cc1ccc(Nc2nc(NCCN3CCOCC3)nc3c2cnn3C)cc1Cl. The summed E-state index contributed by atoms with van der Waals surface area (Å²) in [5, 5.41) is 12.6. The molecule has 1 aliphatic heterocycles. The number of anilines is 3. The summed E-state index contributed by atoms with van der Waals surface area (Å²) in [6.45, 7) is 7.18. The van der Waals surface area contributed by atoms with E-state index in [0.29, 0.717) is 16.8 Å². The number of benzene rings is 1. The van der Waals surface area contributed by atoms with Crippen molar-refractivity contribution in [2.24, 2.45) is 7.05 Å². The third-order valence-electron chi connectivity index (χ3n) is 4.84. The average Bonchev–Trinajstić information content (AvgIpc) is 3.07. The molecule has 0 unspecified atom stereocenters. The fraction of sp³-hybridized carbons (Fsp3) is 0.421. The van der Waals surface area contributed by atoms with Gasteiger partial charge in [-0.1, -0.05) is 17.7 Å². The van der Waals surface area contributed by atoms with Gasteiger partial charge in [-0.2, -0.15) is 15.1 Å². The molecule has 28 heavy (non-hydrogen) atoms.